The molecule has 9 heteroatoms. The fourth-order valence-electron chi connectivity index (χ4n) is 1.68. The van der Waals surface area contributed by atoms with Gasteiger partial charge in [0, 0.05) is 17.8 Å². The van der Waals surface area contributed by atoms with Gasteiger partial charge in [0.15, 0.2) is 5.15 Å². The zero-order valence-electron chi connectivity index (χ0n) is 10.2. The topological polar surface area (TPSA) is 61.2 Å². The number of rotatable bonds is 4. The van der Waals surface area contributed by atoms with Crippen molar-refractivity contribution in [2.75, 3.05) is 7.11 Å². The third kappa shape index (κ3) is 2.94. The van der Waals surface area contributed by atoms with Crippen molar-refractivity contribution in [2.24, 2.45) is 0 Å². The van der Waals surface area contributed by atoms with Gasteiger partial charge in [-0.15, -0.1) is 0 Å². The molecule has 1 aromatic carbocycles. The molecule has 0 bridgehead atoms. The zero-order valence-corrected chi connectivity index (χ0v) is 13.3. The van der Waals surface area contributed by atoms with E-state index in [1.54, 1.807) is 24.3 Å². The average molecular weight is 356 g/mol. The van der Waals surface area contributed by atoms with Crippen LogP contribution in [0.5, 0.6) is 0 Å². The molecule has 0 aliphatic rings. The molecule has 108 valence electrons. The molecule has 0 amide bonds. The Morgan fingerprint density at radius 3 is 2.50 bits per heavy atom. The molecule has 0 radical (unpaired) electrons. The van der Waals surface area contributed by atoms with Gasteiger partial charge < -0.3 is 4.74 Å². The van der Waals surface area contributed by atoms with E-state index in [0.717, 1.165) is 0 Å². The molecule has 0 spiro atoms. The first-order valence-electron chi connectivity index (χ1n) is 5.32. The summed E-state index contributed by atoms with van der Waals surface area (Å²) in [5.41, 5.74) is 0.565. The molecule has 2 aromatic rings. The number of benzene rings is 1. The molecule has 1 aromatic heterocycles. The lowest BCUT2D eigenvalue weighted by molar-refractivity contribution is 0.179. The number of ether oxygens (including phenoxy) is 1. The molecule has 0 fully saturated rings. The molecule has 20 heavy (non-hydrogen) atoms. The van der Waals surface area contributed by atoms with Crippen LogP contribution >= 0.6 is 33.9 Å². The van der Waals surface area contributed by atoms with Crippen LogP contribution in [0.3, 0.4) is 0 Å². The second-order valence-electron chi connectivity index (χ2n) is 3.80. The van der Waals surface area contributed by atoms with Crippen LogP contribution in [0.1, 0.15) is 5.69 Å². The Labute approximate surface area is 130 Å². The number of nitrogens with zero attached hydrogens (tertiary/aromatic N) is 2. The second kappa shape index (κ2) is 5.91. The van der Waals surface area contributed by atoms with E-state index in [1.807, 2.05) is 0 Å². The molecule has 0 saturated heterocycles. The Balaban J connectivity index is 2.72. The second-order valence-corrected chi connectivity index (χ2v) is 7.07. The predicted molar refractivity (Wildman–Crippen MR) is 77.3 cm³/mol. The summed E-state index contributed by atoms with van der Waals surface area (Å²) < 4.78 is 29.4. The summed E-state index contributed by atoms with van der Waals surface area (Å²) in [5.74, 6) is 0. The molecule has 5 nitrogen and oxygen atoms in total. The Morgan fingerprint density at radius 1 is 1.30 bits per heavy atom. The zero-order chi connectivity index (χ0) is 14.9. The highest BCUT2D eigenvalue weighted by Crippen LogP contribution is 2.32. The molecule has 2 rings (SSSR count). The highest BCUT2D eigenvalue weighted by molar-refractivity contribution is 8.13. The van der Waals surface area contributed by atoms with E-state index in [1.165, 1.54) is 11.8 Å². The van der Waals surface area contributed by atoms with Crippen molar-refractivity contribution in [1.82, 2.24) is 9.78 Å². The van der Waals surface area contributed by atoms with Crippen molar-refractivity contribution in [3.05, 3.63) is 40.1 Å². The first kappa shape index (κ1) is 15.6. The van der Waals surface area contributed by atoms with Crippen LogP contribution in [-0.2, 0) is 20.4 Å². The van der Waals surface area contributed by atoms with Crippen molar-refractivity contribution in [3.63, 3.8) is 0 Å². The molecule has 0 unspecified atom stereocenters. The van der Waals surface area contributed by atoms with Crippen LogP contribution in [0.2, 0.25) is 10.2 Å². The van der Waals surface area contributed by atoms with Gasteiger partial charge in [0.1, 0.15) is 10.6 Å². The van der Waals surface area contributed by atoms with Crippen molar-refractivity contribution in [2.45, 2.75) is 11.5 Å². The van der Waals surface area contributed by atoms with Gasteiger partial charge in [-0.25, -0.2) is 13.1 Å². The summed E-state index contributed by atoms with van der Waals surface area (Å²) in [5, 5.41) is 4.34. The summed E-state index contributed by atoms with van der Waals surface area (Å²) in [6.07, 6.45) is 0. The van der Waals surface area contributed by atoms with Crippen molar-refractivity contribution in [1.29, 1.82) is 0 Å². The summed E-state index contributed by atoms with van der Waals surface area (Å²) >= 11 is 12.1. The third-order valence-electron chi connectivity index (χ3n) is 2.46. The SMILES string of the molecule is COCc1nn(-c2ccccc2Cl)c(Cl)c1S(=O)(=O)Cl. The average Bonchev–Trinajstić information content (AvgIpc) is 2.67. The summed E-state index contributed by atoms with van der Waals surface area (Å²) in [7, 11) is 2.75. The van der Waals surface area contributed by atoms with Gasteiger partial charge in [0.25, 0.3) is 9.05 Å². The minimum Gasteiger partial charge on any atom is -0.378 e. The fourth-order valence-corrected chi connectivity index (χ4v) is 3.71. The molecule has 0 saturated carbocycles. The monoisotopic (exact) mass is 354 g/mol. The van der Waals surface area contributed by atoms with E-state index in [-0.39, 0.29) is 22.3 Å². The Kier molecular flexibility index (Phi) is 4.61. The van der Waals surface area contributed by atoms with Crippen LogP contribution in [0.15, 0.2) is 29.2 Å². The minimum atomic E-state index is -4.05. The summed E-state index contributed by atoms with van der Waals surface area (Å²) in [4.78, 5) is -0.275. The maximum absolute atomic E-state index is 11.6. The Bertz CT molecular complexity index is 743. The molecule has 0 aliphatic carbocycles. The van der Waals surface area contributed by atoms with Crippen LogP contribution < -0.4 is 0 Å². The van der Waals surface area contributed by atoms with Gasteiger partial charge in [-0.2, -0.15) is 5.10 Å². The molecule has 0 aliphatic heterocycles. The van der Waals surface area contributed by atoms with E-state index < -0.39 is 9.05 Å². The lowest BCUT2D eigenvalue weighted by Gasteiger charge is -2.04. The predicted octanol–water partition coefficient (Wildman–Crippen LogP) is 3.25. The number of aromatic nitrogens is 2. The van der Waals surface area contributed by atoms with Gasteiger partial charge in [0.05, 0.1) is 17.3 Å². The van der Waals surface area contributed by atoms with Crippen LogP contribution in [-0.4, -0.2) is 25.3 Å². The van der Waals surface area contributed by atoms with Crippen LogP contribution in [0, 0.1) is 0 Å². The maximum atomic E-state index is 11.6. The van der Waals surface area contributed by atoms with E-state index in [9.17, 15) is 8.42 Å². The molecule has 0 N–H and O–H groups in total. The van der Waals surface area contributed by atoms with Crippen LogP contribution in [0.25, 0.3) is 5.69 Å². The lowest BCUT2D eigenvalue weighted by Crippen LogP contribution is -1.98. The number of halogens is 3. The number of methoxy groups -OCH3 is 1. The number of hydrogen-bond donors (Lipinski definition) is 0. The highest BCUT2D eigenvalue weighted by Gasteiger charge is 2.27. The smallest absolute Gasteiger partial charge is 0.266 e. The first-order chi connectivity index (χ1) is 9.36. The Morgan fingerprint density at radius 2 is 1.95 bits per heavy atom. The van der Waals surface area contributed by atoms with Crippen molar-refractivity contribution >= 4 is 42.9 Å². The molecule has 1 heterocycles. The first-order valence-corrected chi connectivity index (χ1v) is 8.38. The van der Waals surface area contributed by atoms with E-state index in [0.29, 0.717) is 10.7 Å². The van der Waals surface area contributed by atoms with Gasteiger partial charge in [0.2, 0.25) is 0 Å². The number of para-hydroxylation sites is 1. The minimum absolute atomic E-state index is 0.0432. The standard InChI is InChI=1S/C11H9Cl3N2O3S/c1-19-6-8-10(20(14,17)18)11(13)16(15-8)9-5-3-2-4-7(9)12/h2-5H,6H2,1H3. The van der Waals surface area contributed by atoms with Crippen LogP contribution in [0.4, 0.5) is 0 Å². The fraction of sp³-hybridized carbons (Fsp3) is 0.182. The van der Waals surface area contributed by atoms with E-state index in [4.69, 9.17) is 38.6 Å². The van der Waals surface area contributed by atoms with Gasteiger partial charge in [-0.05, 0) is 12.1 Å². The van der Waals surface area contributed by atoms with Crippen molar-refractivity contribution in [3.8, 4) is 5.69 Å². The molecular weight excluding hydrogens is 347 g/mol. The summed E-state index contributed by atoms with van der Waals surface area (Å²) in [6, 6.07) is 6.75. The van der Waals surface area contributed by atoms with Crippen molar-refractivity contribution < 1.29 is 13.2 Å². The normalized spacial score (nSPS) is 11.8. The lowest BCUT2D eigenvalue weighted by atomic mass is 10.3. The molecule has 0 atom stereocenters. The van der Waals surface area contributed by atoms with E-state index in [2.05, 4.69) is 5.10 Å². The third-order valence-corrected chi connectivity index (χ3v) is 4.62. The quantitative estimate of drug-likeness (QED) is 0.790. The Hall–Kier alpha value is -0.790. The maximum Gasteiger partial charge on any atom is 0.266 e. The van der Waals surface area contributed by atoms with Gasteiger partial charge in [-0.1, -0.05) is 35.3 Å². The summed E-state index contributed by atoms with van der Waals surface area (Å²) in [6.45, 7) is -0.0432. The molecular formula is C11H9Cl3N2O3S. The highest BCUT2D eigenvalue weighted by atomic mass is 35.7. The van der Waals surface area contributed by atoms with Gasteiger partial charge in [-0.3, -0.25) is 0 Å². The van der Waals surface area contributed by atoms with Gasteiger partial charge >= 0.3 is 0 Å². The largest absolute Gasteiger partial charge is 0.378 e. The number of hydrogen-bond acceptors (Lipinski definition) is 4. The van der Waals surface area contributed by atoms with E-state index >= 15 is 0 Å².